The average Bonchev–Trinajstić information content (AvgIpc) is 2.95. The SMILES string of the molecule is CO[C@@H]1C[C@H]2CN(C(=O)c3ccc(C)cc3C)C[C@H]2C[C@H]1N(C)C. The van der Waals surface area contributed by atoms with E-state index in [0.29, 0.717) is 17.9 Å². The van der Waals surface area contributed by atoms with Crippen LogP contribution in [-0.4, -0.2) is 62.1 Å². The van der Waals surface area contributed by atoms with Crippen molar-refractivity contribution in [3.05, 3.63) is 34.9 Å². The second-order valence-corrected chi connectivity index (χ2v) is 7.83. The van der Waals surface area contributed by atoms with Crippen molar-refractivity contribution in [1.29, 1.82) is 0 Å². The fourth-order valence-corrected chi connectivity index (χ4v) is 4.58. The van der Waals surface area contributed by atoms with Crippen molar-refractivity contribution in [1.82, 2.24) is 9.80 Å². The van der Waals surface area contributed by atoms with Crippen molar-refractivity contribution in [2.75, 3.05) is 34.3 Å². The molecule has 0 N–H and O–H groups in total. The first-order valence-corrected chi connectivity index (χ1v) is 8.96. The molecule has 1 aromatic carbocycles. The van der Waals surface area contributed by atoms with Crippen molar-refractivity contribution in [3.8, 4) is 0 Å². The number of aryl methyl sites for hydroxylation is 2. The van der Waals surface area contributed by atoms with Gasteiger partial charge in [0.05, 0.1) is 6.10 Å². The largest absolute Gasteiger partial charge is 0.380 e. The van der Waals surface area contributed by atoms with E-state index in [0.717, 1.165) is 37.1 Å². The molecule has 1 amide bonds. The summed E-state index contributed by atoms with van der Waals surface area (Å²) >= 11 is 0. The summed E-state index contributed by atoms with van der Waals surface area (Å²) in [5.41, 5.74) is 3.14. The Bertz CT molecular complexity index is 614. The fraction of sp³-hybridized carbons (Fsp3) is 0.650. The molecular weight excluding hydrogens is 300 g/mol. The average molecular weight is 330 g/mol. The molecule has 0 unspecified atom stereocenters. The lowest BCUT2D eigenvalue weighted by Gasteiger charge is -2.40. The van der Waals surface area contributed by atoms with Gasteiger partial charge in [0.15, 0.2) is 0 Å². The number of methoxy groups -OCH3 is 1. The standard InChI is InChI=1S/C20H30N2O2/c1-13-6-7-17(14(2)8-13)20(23)22-11-15-9-18(21(3)4)19(24-5)10-16(15)12-22/h6-8,15-16,18-19H,9-12H2,1-5H3/t15-,16+,18-,19-/m1/s1. The number of likely N-dealkylation sites (tertiary alicyclic amines) is 1. The Morgan fingerprint density at radius 1 is 1.17 bits per heavy atom. The van der Waals surface area contributed by atoms with E-state index >= 15 is 0 Å². The molecule has 4 nitrogen and oxygen atoms in total. The first-order valence-electron chi connectivity index (χ1n) is 8.96. The third kappa shape index (κ3) is 3.22. The monoisotopic (exact) mass is 330 g/mol. The molecule has 4 atom stereocenters. The number of hydrogen-bond donors (Lipinski definition) is 0. The van der Waals surface area contributed by atoms with Crippen LogP contribution in [0.25, 0.3) is 0 Å². The zero-order valence-electron chi connectivity index (χ0n) is 15.6. The van der Waals surface area contributed by atoms with Crippen molar-refractivity contribution < 1.29 is 9.53 Å². The maximum Gasteiger partial charge on any atom is 0.254 e. The lowest BCUT2D eigenvalue weighted by atomic mass is 9.77. The van der Waals surface area contributed by atoms with Gasteiger partial charge in [0.1, 0.15) is 0 Å². The van der Waals surface area contributed by atoms with Crippen molar-refractivity contribution in [2.24, 2.45) is 11.8 Å². The summed E-state index contributed by atoms with van der Waals surface area (Å²) in [5.74, 6) is 1.36. The highest BCUT2D eigenvalue weighted by Crippen LogP contribution is 2.39. The zero-order chi connectivity index (χ0) is 17.4. The van der Waals surface area contributed by atoms with Gasteiger partial charge in [-0.1, -0.05) is 17.7 Å². The third-order valence-corrected chi connectivity index (χ3v) is 5.95. The Kier molecular flexibility index (Phi) is 4.97. The lowest BCUT2D eigenvalue weighted by Crippen LogP contribution is -2.47. The molecule has 4 heteroatoms. The number of likely N-dealkylation sites (N-methyl/N-ethyl adjacent to an activating group) is 1. The summed E-state index contributed by atoms with van der Waals surface area (Å²) in [5, 5.41) is 0. The Morgan fingerprint density at radius 2 is 1.83 bits per heavy atom. The zero-order valence-corrected chi connectivity index (χ0v) is 15.6. The van der Waals surface area contributed by atoms with Gasteiger partial charge in [0.25, 0.3) is 5.91 Å². The molecule has 132 valence electrons. The number of rotatable bonds is 3. The predicted molar refractivity (Wildman–Crippen MR) is 96.3 cm³/mol. The summed E-state index contributed by atoms with van der Waals surface area (Å²) in [6, 6.07) is 6.56. The summed E-state index contributed by atoms with van der Waals surface area (Å²) in [6.07, 6.45) is 2.45. The van der Waals surface area contributed by atoms with Crippen LogP contribution in [-0.2, 0) is 4.74 Å². The summed E-state index contributed by atoms with van der Waals surface area (Å²) < 4.78 is 5.74. The minimum absolute atomic E-state index is 0.192. The Labute approximate surface area is 145 Å². The summed E-state index contributed by atoms with van der Waals surface area (Å²) in [4.78, 5) is 17.3. The van der Waals surface area contributed by atoms with Gasteiger partial charge in [-0.2, -0.15) is 0 Å². The summed E-state index contributed by atoms with van der Waals surface area (Å²) in [6.45, 7) is 5.86. The first-order chi connectivity index (χ1) is 11.4. The van der Waals surface area contributed by atoms with E-state index in [4.69, 9.17) is 4.74 Å². The van der Waals surface area contributed by atoms with E-state index in [1.807, 2.05) is 26.2 Å². The highest BCUT2D eigenvalue weighted by molar-refractivity contribution is 5.95. The maximum absolute atomic E-state index is 13.0. The molecule has 1 heterocycles. The number of fused-ring (bicyclic) bond motifs is 1. The Balaban J connectivity index is 1.74. The van der Waals surface area contributed by atoms with E-state index in [2.05, 4.69) is 36.9 Å². The third-order valence-electron chi connectivity index (χ3n) is 5.95. The van der Waals surface area contributed by atoms with Crippen LogP contribution < -0.4 is 0 Å². The number of ether oxygens (including phenoxy) is 1. The van der Waals surface area contributed by atoms with Crippen molar-refractivity contribution >= 4 is 5.91 Å². The molecule has 1 aromatic rings. The highest BCUT2D eigenvalue weighted by atomic mass is 16.5. The number of amides is 1. The molecule has 0 radical (unpaired) electrons. The molecule has 0 spiro atoms. The van der Waals surface area contributed by atoms with Crippen LogP contribution in [0.3, 0.4) is 0 Å². The van der Waals surface area contributed by atoms with E-state index in [1.165, 1.54) is 5.56 Å². The number of nitrogens with zero attached hydrogens (tertiary/aromatic N) is 2. The minimum atomic E-state index is 0.192. The molecule has 1 aliphatic carbocycles. The van der Waals surface area contributed by atoms with E-state index in [9.17, 15) is 4.79 Å². The van der Waals surface area contributed by atoms with Crippen LogP contribution >= 0.6 is 0 Å². The number of hydrogen-bond acceptors (Lipinski definition) is 3. The molecule has 0 bridgehead atoms. The van der Waals surface area contributed by atoms with Crippen LogP contribution in [0.5, 0.6) is 0 Å². The number of carbonyl (C=O) groups is 1. The molecule has 3 rings (SSSR count). The smallest absolute Gasteiger partial charge is 0.254 e. The number of carbonyl (C=O) groups excluding carboxylic acids is 1. The van der Waals surface area contributed by atoms with Gasteiger partial charge in [-0.05, 0) is 64.3 Å². The molecular formula is C20H30N2O2. The lowest BCUT2D eigenvalue weighted by molar-refractivity contribution is -0.0209. The van der Waals surface area contributed by atoms with Crippen LogP contribution in [0, 0.1) is 25.7 Å². The molecule has 2 fully saturated rings. The Morgan fingerprint density at radius 3 is 2.42 bits per heavy atom. The van der Waals surface area contributed by atoms with Crippen molar-refractivity contribution in [3.63, 3.8) is 0 Å². The Hall–Kier alpha value is -1.39. The maximum atomic E-state index is 13.0. The normalized spacial score (nSPS) is 29.8. The fourth-order valence-electron chi connectivity index (χ4n) is 4.58. The quantitative estimate of drug-likeness (QED) is 0.854. The van der Waals surface area contributed by atoms with Gasteiger partial charge >= 0.3 is 0 Å². The van der Waals surface area contributed by atoms with Gasteiger partial charge in [-0.25, -0.2) is 0 Å². The predicted octanol–water partition coefficient (Wildman–Crippen LogP) is 2.73. The second kappa shape index (κ2) is 6.85. The van der Waals surface area contributed by atoms with E-state index < -0.39 is 0 Å². The molecule has 1 saturated carbocycles. The van der Waals surface area contributed by atoms with Crippen LogP contribution in [0.1, 0.15) is 34.3 Å². The molecule has 0 aromatic heterocycles. The van der Waals surface area contributed by atoms with Crippen LogP contribution in [0.15, 0.2) is 18.2 Å². The molecule has 1 saturated heterocycles. The molecule has 24 heavy (non-hydrogen) atoms. The van der Waals surface area contributed by atoms with Gasteiger partial charge in [-0.3, -0.25) is 4.79 Å². The van der Waals surface area contributed by atoms with Crippen molar-refractivity contribution in [2.45, 2.75) is 38.8 Å². The molecule has 1 aliphatic heterocycles. The number of benzene rings is 1. The van der Waals surface area contributed by atoms with E-state index in [-0.39, 0.29) is 12.0 Å². The van der Waals surface area contributed by atoms with Gasteiger partial charge in [0.2, 0.25) is 0 Å². The van der Waals surface area contributed by atoms with Crippen LogP contribution in [0.2, 0.25) is 0 Å². The van der Waals surface area contributed by atoms with Gasteiger partial charge < -0.3 is 14.5 Å². The highest BCUT2D eigenvalue weighted by Gasteiger charge is 2.44. The van der Waals surface area contributed by atoms with Gasteiger partial charge in [-0.15, -0.1) is 0 Å². The summed E-state index contributed by atoms with van der Waals surface area (Å²) in [7, 11) is 6.07. The molecule has 2 aliphatic rings. The first kappa shape index (κ1) is 17.4. The topological polar surface area (TPSA) is 32.8 Å². The van der Waals surface area contributed by atoms with Crippen LogP contribution in [0.4, 0.5) is 0 Å². The second-order valence-electron chi connectivity index (χ2n) is 7.83. The minimum Gasteiger partial charge on any atom is -0.380 e. The van der Waals surface area contributed by atoms with Gasteiger partial charge in [0, 0.05) is 31.8 Å². The van der Waals surface area contributed by atoms with E-state index in [1.54, 1.807) is 0 Å².